The van der Waals surface area contributed by atoms with Gasteiger partial charge in [-0.3, -0.25) is 4.79 Å². The first-order valence-electron chi connectivity index (χ1n) is 6.70. The standard InChI is InChI=1S/C15H16F4N2O/c1-8-4-3-5-10(13(8)16)11-6-12(20)14(22)21(9(11)2)7-15(17,18)19/h3-5,12H,6-7,20H2,1-2H3/t12-/m0/s1. The lowest BCUT2D eigenvalue weighted by atomic mass is 9.91. The molecule has 2 rings (SSSR count). The summed E-state index contributed by atoms with van der Waals surface area (Å²) in [6.45, 7) is 1.52. The lowest BCUT2D eigenvalue weighted by molar-refractivity contribution is -0.158. The third kappa shape index (κ3) is 3.14. The van der Waals surface area contributed by atoms with Crippen LogP contribution in [0.2, 0.25) is 0 Å². The van der Waals surface area contributed by atoms with Gasteiger partial charge in [-0.15, -0.1) is 0 Å². The highest BCUT2D eigenvalue weighted by atomic mass is 19.4. The Bertz CT molecular complexity index is 637. The molecular weight excluding hydrogens is 300 g/mol. The number of hydrogen-bond acceptors (Lipinski definition) is 2. The van der Waals surface area contributed by atoms with E-state index in [1.165, 1.54) is 13.0 Å². The van der Waals surface area contributed by atoms with Crippen LogP contribution >= 0.6 is 0 Å². The highest BCUT2D eigenvalue weighted by Crippen LogP contribution is 2.34. The predicted octanol–water partition coefficient (Wildman–Crippen LogP) is 2.99. The summed E-state index contributed by atoms with van der Waals surface area (Å²) in [5.74, 6) is -1.31. The summed E-state index contributed by atoms with van der Waals surface area (Å²) in [6, 6.07) is 3.55. The molecule has 3 nitrogen and oxygen atoms in total. The van der Waals surface area contributed by atoms with Crippen molar-refractivity contribution in [1.29, 1.82) is 0 Å². The molecule has 0 aliphatic carbocycles. The molecule has 0 radical (unpaired) electrons. The molecular formula is C15H16F4N2O. The van der Waals surface area contributed by atoms with Gasteiger partial charge in [0.15, 0.2) is 0 Å². The maximum atomic E-state index is 14.2. The van der Waals surface area contributed by atoms with Gasteiger partial charge < -0.3 is 10.6 Å². The van der Waals surface area contributed by atoms with Crippen LogP contribution in [0.1, 0.15) is 24.5 Å². The van der Waals surface area contributed by atoms with Crippen molar-refractivity contribution in [3.8, 4) is 0 Å². The minimum Gasteiger partial charge on any atom is -0.320 e. The van der Waals surface area contributed by atoms with E-state index in [2.05, 4.69) is 0 Å². The fourth-order valence-electron chi connectivity index (χ4n) is 2.54. The van der Waals surface area contributed by atoms with Crippen molar-refractivity contribution < 1.29 is 22.4 Å². The number of allylic oxidation sites excluding steroid dienone is 1. The Morgan fingerprint density at radius 3 is 2.55 bits per heavy atom. The number of nitrogens with zero attached hydrogens (tertiary/aromatic N) is 1. The van der Waals surface area contributed by atoms with Gasteiger partial charge in [-0.25, -0.2) is 4.39 Å². The van der Waals surface area contributed by atoms with E-state index in [0.717, 1.165) is 0 Å². The summed E-state index contributed by atoms with van der Waals surface area (Å²) >= 11 is 0. The highest BCUT2D eigenvalue weighted by molar-refractivity contribution is 5.91. The van der Waals surface area contributed by atoms with E-state index in [-0.39, 0.29) is 17.7 Å². The number of rotatable bonds is 2. The van der Waals surface area contributed by atoms with Crippen molar-refractivity contribution in [2.75, 3.05) is 6.54 Å². The van der Waals surface area contributed by atoms with Crippen LogP contribution in [0.3, 0.4) is 0 Å². The Kier molecular flexibility index (Phi) is 4.28. The minimum absolute atomic E-state index is 0.0133. The van der Waals surface area contributed by atoms with Gasteiger partial charge in [0.05, 0.1) is 6.04 Å². The first-order valence-corrected chi connectivity index (χ1v) is 6.70. The van der Waals surface area contributed by atoms with E-state index in [0.29, 0.717) is 16.0 Å². The molecule has 0 aromatic heterocycles. The molecule has 1 heterocycles. The third-order valence-electron chi connectivity index (χ3n) is 3.70. The molecule has 1 aliphatic heterocycles. The fourth-order valence-corrected chi connectivity index (χ4v) is 2.54. The first kappa shape index (κ1) is 16.5. The van der Waals surface area contributed by atoms with E-state index >= 15 is 0 Å². The van der Waals surface area contributed by atoms with Crippen LogP contribution in [-0.4, -0.2) is 29.6 Å². The van der Waals surface area contributed by atoms with Crippen LogP contribution < -0.4 is 5.73 Å². The Hall–Kier alpha value is -1.89. The van der Waals surface area contributed by atoms with Crippen molar-refractivity contribution in [1.82, 2.24) is 4.90 Å². The molecule has 0 spiro atoms. The van der Waals surface area contributed by atoms with Crippen LogP contribution in [0.15, 0.2) is 23.9 Å². The molecule has 1 atom stereocenters. The lowest BCUT2D eigenvalue weighted by Gasteiger charge is -2.34. The zero-order chi connectivity index (χ0) is 16.7. The van der Waals surface area contributed by atoms with Crippen molar-refractivity contribution in [3.63, 3.8) is 0 Å². The zero-order valence-corrected chi connectivity index (χ0v) is 12.2. The van der Waals surface area contributed by atoms with Gasteiger partial charge in [-0.1, -0.05) is 18.2 Å². The zero-order valence-electron chi connectivity index (χ0n) is 12.2. The smallest absolute Gasteiger partial charge is 0.320 e. The number of amides is 1. The average molecular weight is 316 g/mol. The van der Waals surface area contributed by atoms with Gasteiger partial charge in [-0.2, -0.15) is 13.2 Å². The maximum absolute atomic E-state index is 14.2. The normalized spacial score (nSPS) is 19.9. The Morgan fingerprint density at radius 1 is 1.32 bits per heavy atom. The molecule has 0 saturated heterocycles. The topological polar surface area (TPSA) is 46.3 Å². The van der Waals surface area contributed by atoms with E-state index in [4.69, 9.17) is 5.73 Å². The molecule has 0 unspecified atom stereocenters. The second kappa shape index (κ2) is 5.72. The maximum Gasteiger partial charge on any atom is 0.406 e. The molecule has 120 valence electrons. The summed E-state index contributed by atoms with van der Waals surface area (Å²) in [5, 5.41) is 0. The number of hydrogen-bond donors (Lipinski definition) is 1. The summed E-state index contributed by atoms with van der Waals surface area (Å²) < 4.78 is 52.2. The number of benzene rings is 1. The van der Waals surface area contributed by atoms with Crippen LogP contribution in [0, 0.1) is 12.7 Å². The van der Waals surface area contributed by atoms with E-state index in [9.17, 15) is 22.4 Å². The van der Waals surface area contributed by atoms with Crippen LogP contribution in [0.25, 0.3) is 5.57 Å². The van der Waals surface area contributed by atoms with Crippen LogP contribution in [0.4, 0.5) is 17.6 Å². The SMILES string of the molecule is CC1=C(c2cccc(C)c2F)C[C@H](N)C(=O)N1CC(F)(F)F. The Labute approximate surface area is 125 Å². The second-order valence-electron chi connectivity index (χ2n) is 5.35. The number of carbonyl (C=O) groups is 1. The fraction of sp³-hybridized carbons (Fsp3) is 0.400. The summed E-state index contributed by atoms with van der Waals surface area (Å²) in [5.41, 5.74) is 6.64. The van der Waals surface area contributed by atoms with Gasteiger partial charge in [-0.05, 0) is 31.4 Å². The highest BCUT2D eigenvalue weighted by Gasteiger charge is 2.39. The van der Waals surface area contributed by atoms with E-state index in [1.807, 2.05) is 0 Å². The average Bonchev–Trinajstić information content (AvgIpc) is 2.41. The lowest BCUT2D eigenvalue weighted by Crippen LogP contribution is -2.49. The molecule has 1 aromatic rings. The van der Waals surface area contributed by atoms with E-state index < -0.39 is 30.5 Å². The summed E-state index contributed by atoms with van der Waals surface area (Å²) in [7, 11) is 0. The molecule has 22 heavy (non-hydrogen) atoms. The van der Waals surface area contributed by atoms with Gasteiger partial charge in [0.1, 0.15) is 12.4 Å². The molecule has 0 bridgehead atoms. The Balaban J connectivity index is 2.53. The molecule has 0 saturated carbocycles. The van der Waals surface area contributed by atoms with Crippen LogP contribution in [0.5, 0.6) is 0 Å². The van der Waals surface area contributed by atoms with Crippen molar-refractivity contribution >= 4 is 11.5 Å². The van der Waals surface area contributed by atoms with Gasteiger partial charge in [0, 0.05) is 11.3 Å². The number of alkyl halides is 3. The van der Waals surface area contributed by atoms with Crippen molar-refractivity contribution in [3.05, 3.63) is 40.8 Å². The summed E-state index contributed by atoms with van der Waals surface area (Å²) in [4.78, 5) is 12.5. The molecule has 1 aromatic carbocycles. The number of nitrogens with two attached hydrogens (primary N) is 1. The monoisotopic (exact) mass is 316 g/mol. The van der Waals surface area contributed by atoms with Crippen molar-refractivity contribution in [2.24, 2.45) is 5.73 Å². The number of halogens is 4. The molecule has 0 fully saturated rings. The first-order chi connectivity index (χ1) is 10.1. The predicted molar refractivity (Wildman–Crippen MR) is 74.1 cm³/mol. The Morgan fingerprint density at radius 2 is 1.95 bits per heavy atom. The van der Waals surface area contributed by atoms with Gasteiger partial charge in [0.2, 0.25) is 5.91 Å². The number of aryl methyl sites for hydroxylation is 1. The largest absolute Gasteiger partial charge is 0.406 e. The molecule has 1 amide bonds. The number of carbonyl (C=O) groups excluding carboxylic acids is 1. The van der Waals surface area contributed by atoms with Crippen LogP contribution in [-0.2, 0) is 4.79 Å². The second-order valence-corrected chi connectivity index (χ2v) is 5.35. The van der Waals surface area contributed by atoms with Gasteiger partial charge in [0.25, 0.3) is 0 Å². The van der Waals surface area contributed by atoms with E-state index in [1.54, 1.807) is 19.1 Å². The molecule has 2 N–H and O–H groups in total. The minimum atomic E-state index is -4.55. The molecule has 7 heteroatoms. The van der Waals surface area contributed by atoms with Crippen molar-refractivity contribution in [2.45, 2.75) is 32.5 Å². The van der Waals surface area contributed by atoms with Gasteiger partial charge >= 0.3 is 6.18 Å². The third-order valence-corrected chi connectivity index (χ3v) is 3.70. The molecule has 1 aliphatic rings. The summed E-state index contributed by atoms with van der Waals surface area (Å²) in [6.07, 6.45) is -4.54. The quantitative estimate of drug-likeness (QED) is 0.853.